The molecule has 0 N–H and O–H groups in total. The van der Waals surface area contributed by atoms with Crippen molar-refractivity contribution in [1.29, 1.82) is 0 Å². The molecule has 0 saturated heterocycles. The van der Waals surface area contributed by atoms with E-state index in [0.29, 0.717) is 18.6 Å². The molecule has 1 aromatic carbocycles. The summed E-state index contributed by atoms with van der Waals surface area (Å²) in [6, 6.07) is 7.30. The molecule has 0 aliphatic heterocycles. The Morgan fingerprint density at radius 3 is 1.91 bits per heavy atom. The van der Waals surface area contributed by atoms with Crippen LogP contribution in [0.2, 0.25) is 0 Å². The summed E-state index contributed by atoms with van der Waals surface area (Å²) >= 11 is 0. The molecule has 0 fully saturated rings. The van der Waals surface area contributed by atoms with Gasteiger partial charge in [0, 0.05) is 0 Å². The minimum absolute atomic E-state index is 0.0135. The van der Waals surface area contributed by atoms with Crippen LogP contribution in [0.3, 0.4) is 0 Å². The smallest absolute Gasteiger partial charge is 0.264 e. The second kappa shape index (κ2) is 8.62. The van der Waals surface area contributed by atoms with Crippen LogP contribution in [0.25, 0.3) is 0 Å². The van der Waals surface area contributed by atoms with Crippen molar-refractivity contribution in [1.82, 2.24) is 0 Å². The molecule has 0 aliphatic carbocycles. The van der Waals surface area contributed by atoms with Gasteiger partial charge in [-0.05, 0) is 36.5 Å². The molecule has 0 bridgehead atoms. The summed E-state index contributed by atoms with van der Waals surface area (Å²) in [5.74, 6) is 0.550. The van der Waals surface area contributed by atoms with E-state index >= 15 is 0 Å². The largest absolute Gasteiger partial charge is 0.497 e. The monoisotopic (exact) mass is 366 g/mol. The number of rotatable bonds is 10. The maximum atomic E-state index is 11.0. The average molecular weight is 366 g/mol. The number of methoxy groups -OCH3 is 1. The van der Waals surface area contributed by atoms with Crippen LogP contribution < -0.4 is 4.74 Å². The molecule has 0 amide bonds. The van der Waals surface area contributed by atoms with Gasteiger partial charge in [0.25, 0.3) is 20.2 Å². The van der Waals surface area contributed by atoms with Crippen molar-refractivity contribution in [2.45, 2.75) is 18.8 Å². The van der Waals surface area contributed by atoms with Gasteiger partial charge in [0.2, 0.25) is 0 Å². The van der Waals surface area contributed by atoms with E-state index in [1.165, 1.54) is 0 Å². The molecule has 0 spiro atoms. The molecule has 1 rings (SSSR count). The van der Waals surface area contributed by atoms with Crippen molar-refractivity contribution in [3.8, 4) is 5.75 Å². The Morgan fingerprint density at radius 2 is 1.48 bits per heavy atom. The SMILES string of the molecule is COc1cccc(C(CCOS(C)(=O)=O)CCOS(C)(=O)=O)c1. The second-order valence-electron chi connectivity index (χ2n) is 5.10. The van der Waals surface area contributed by atoms with E-state index in [0.717, 1.165) is 18.1 Å². The Morgan fingerprint density at radius 1 is 0.957 bits per heavy atom. The Balaban J connectivity index is 2.77. The first-order chi connectivity index (χ1) is 10.6. The van der Waals surface area contributed by atoms with Crippen molar-refractivity contribution in [3.05, 3.63) is 29.8 Å². The van der Waals surface area contributed by atoms with Gasteiger partial charge >= 0.3 is 0 Å². The van der Waals surface area contributed by atoms with Crippen molar-refractivity contribution in [2.24, 2.45) is 0 Å². The summed E-state index contributed by atoms with van der Waals surface area (Å²) in [5, 5.41) is 0. The van der Waals surface area contributed by atoms with E-state index in [1.54, 1.807) is 13.2 Å². The summed E-state index contributed by atoms with van der Waals surface area (Å²) in [4.78, 5) is 0. The van der Waals surface area contributed by atoms with Crippen LogP contribution in [0.4, 0.5) is 0 Å². The molecule has 0 unspecified atom stereocenters. The van der Waals surface area contributed by atoms with Gasteiger partial charge in [0.1, 0.15) is 5.75 Å². The van der Waals surface area contributed by atoms with Crippen LogP contribution in [-0.2, 0) is 28.6 Å². The Kier molecular flexibility index (Phi) is 7.46. The zero-order valence-corrected chi connectivity index (χ0v) is 15.0. The van der Waals surface area contributed by atoms with Gasteiger partial charge in [-0.25, -0.2) is 0 Å². The topological polar surface area (TPSA) is 96.0 Å². The molecule has 0 aromatic heterocycles. The maximum Gasteiger partial charge on any atom is 0.264 e. The number of hydrogen-bond donors (Lipinski definition) is 0. The van der Waals surface area contributed by atoms with Gasteiger partial charge in [0.15, 0.2) is 0 Å². The molecule has 1 aromatic rings. The fourth-order valence-electron chi connectivity index (χ4n) is 2.06. The highest BCUT2D eigenvalue weighted by molar-refractivity contribution is 7.86. The van der Waals surface area contributed by atoms with Crippen molar-refractivity contribution >= 4 is 20.2 Å². The highest BCUT2D eigenvalue weighted by atomic mass is 32.2. The van der Waals surface area contributed by atoms with Crippen molar-refractivity contribution in [3.63, 3.8) is 0 Å². The van der Waals surface area contributed by atoms with Crippen LogP contribution >= 0.6 is 0 Å². The second-order valence-corrected chi connectivity index (χ2v) is 8.39. The van der Waals surface area contributed by atoms with Gasteiger partial charge in [0.05, 0.1) is 32.8 Å². The van der Waals surface area contributed by atoms with Gasteiger partial charge < -0.3 is 4.74 Å². The lowest BCUT2D eigenvalue weighted by molar-refractivity contribution is 0.271. The Labute approximate surface area is 137 Å². The highest BCUT2D eigenvalue weighted by Gasteiger charge is 2.15. The van der Waals surface area contributed by atoms with Gasteiger partial charge in [-0.3, -0.25) is 8.37 Å². The third-order valence-electron chi connectivity index (χ3n) is 3.09. The third-order valence-corrected chi connectivity index (χ3v) is 4.28. The predicted molar refractivity (Wildman–Crippen MR) is 86.6 cm³/mol. The third kappa shape index (κ3) is 8.89. The Hall–Kier alpha value is -1.16. The number of ether oxygens (including phenoxy) is 1. The van der Waals surface area contributed by atoms with Crippen LogP contribution in [0.1, 0.15) is 24.3 Å². The molecular weight excluding hydrogens is 344 g/mol. The zero-order valence-electron chi connectivity index (χ0n) is 13.4. The Bertz CT molecular complexity index is 658. The quantitative estimate of drug-likeness (QED) is 0.579. The molecule has 0 atom stereocenters. The van der Waals surface area contributed by atoms with Gasteiger partial charge in [-0.1, -0.05) is 12.1 Å². The fraction of sp³-hybridized carbons (Fsp3) is 0.571. The van der Waals surface area contributed by atoms with E-state index in [4.69, 9.17) is 13.1 Å². The first-order valence-corrected chi connectivity index (χ1v) is 10.6. The van der Waals surface area contributed by atoms with Crippen molar-refractivity contribution < 1.29 is 29.9 Å². The lowest BCUT2D eigenvalue weighted by Crippen LogP contribution is -2.12. The lowest BCUT2D eigenvalue weighted by Gasteiger charge is -2.17. The van der Waals surface area contributed by atoms with Crippen LogP contribution in [0.5, 0.6) is 5.75 Å². The number of benzene rings is 1. The minimum Gasteiger partial charge on any atom is -0.497 e. The molecule has 7 nitrogen and oxygen atoms in total. The van der Waals surface area contributed by atoms with Crippen LogP contribution in [-0.4, -0.2) is 49.7 Å². The summed E-state index contributed by atoms with van der Waals surface area (Å²) in [6.07, 6.45) is 2.79. The molecule has 0 aliphatic rings. The predicted octanol–water partition coefficient (Wildman–Crippen LogP) is 1.51. The summed E-state index contributed by atoms with van der Waals surface area (Å²) in [7, 11) is -5.47. The lowest BCUT2D eigenvalue weighted by atomic mass is 9.93. The normalized spacial score (nSPS) is 12.5. The van der Waals surface area contributed by atoms with E-state index in [2.05, 4.69) is 0 Å². The fourth-order valence-corrected chi connectivity index (χ4v) is 2.85. The zero-order chi connectivity index (χ0) is 17.5. The molecule has 0 heterocycles. The maximum absolute atomic E-state index is 11.0. The van der Waals surface area contributed by atoms with E-state index in [-0.39, 0.29) is 19.1 Å². The van der Waals surface area contributed by atoms with E-state index in [9.17, 15) is 16.8 Å². The molecule has 9 heteroatoms. The van der Waals surface area contributed by atoms with E-state index in [1.807, 2.05) is 18.2 Å². The first-order valence-electron chi connectivity index (χ1n) is 6.93. The first kappa shape index (κ1) is 19.9. The van der Waals surface area contributed by atoms with Gasteiger partial charge in [-0.2, -0.15) is 16.8 Å². The van der Waals surface area contributed by atoms with Crippen LogP contribution in [0, 0.1) is 0 Å². The highest BCUT2D eigenvalue weighted by Crippen LogP contribution is 2.27. The molecule has 23 heavy (non-hydrogen) atoms. The van der Waals surface area contributed by atoms with E-state index < -0.39 is 20.2 Å². The standard InChI is InChI=1S/C14H22O7S2/c1-19-14-6-4-5-13(11-14)12(7-9-20-22(2,15)16)8-10-21-23(3,17)18/h4-6,11-12H,7-10H2,1-3H3. The minimum atomic E-state index is -3.51. The molecule has 0 radical (unpaired) electrons. The molecule has 0 saturated carbocycles. The molecule has 132 valence electrons. The number of hydrogen-bond acceptors (Lipinski definition) is 7. The average Bonchev–Trinajstić information content (AvgIpc) is 2.43. The van der Waals surface area contributed by atoms with Crippen molar-refractivity contribution in [2.75, 3.05) is 32.8 Å². The van der Waals surface area contributed by atoms with Crippen LogP contribution in [0.15, 0.2) is 24.3 Å². The summed E-state index contributed by atoms with van der Waals surface area (Å²) in [5.41, 5.74) is 0.901. The summed E-state index contributed by atoms with van der Waals surface area (Å²) in [6.45, 7) is 0.0270. The molecular formula is C14H22O7S2. The summed E-state index contributed by atoms with van der Waals surface area (Å²) < 4.78 is 58.9. The van der Waals surface area contributed by atoms with Gasteiger partial charge in [-0.15, -0.1) is 0 Å².